The maximum Gasteiger partial charge on any atom is 0.222 e. The lowest BCUT2D eigenvalue weighted by Crippen LogP contribution is -2.08. The molecular weight excluding hydrogens is 362 g/mol. The van der Waals surface area contributed by atoms with Gasteiger partial charge in [-0.1, -0.05) is 0 Å². The number of nitrogens with one attached hydrogen (secondary N) is 2. The van der Waals surface area contributed by atoms with Crippen molar-refractivity contribution in [2.45, 2.75) is 11.9 Å². The number of hydrogen-bond donors (Lipinski definition) is 2. The highest BCUT2D eigenvalue weighted by Gasteiger charge is 2.13. The zero-order valence-electron chi connectivity index (χ0n) is 15.9. The van der Waals surface area contributed by atoms with Gasteiger partial charge in [-0.2, -0.15) is 0 Å². The molecule has 0 saturated heterocycles. The summed E-state index contributed by atoms with van der Waals surface area (Å²) in [5.41, 5.74) is 3.83. The molecule has 0 atom stereocenters. The molecule has 0 aliphatic heterocycles. The fourth-order valence-corrected chi connectivity index (χ4v) is 3.31. The van der Waals surface area contributed by atoms with E-state index in [4.69, 9.17) is 9.72 Å². The third-order valence-corrected chi connectivity index (χ3v) is 4.73. The van der Waals surface area contributed by atoms with E-state index in [9.17, 15) is 4.79 Å². The Morgan fingerprint density at radius 2 is 2.15 bits per heavy atom. The Kier molecular flexibility index (Phi) is 5.98. The van der Waals surface area contributed by atoms with Gasteiger partial charge in [0.1, 0.15) is 5.82 Å². The Balaban J connectivity index is 2.07. The minimum absolute atomic E-state index is 0.147. The van der Waals surface area contributed by atoms with Crippen LogP contribution in [0.2, 0.25) is 0 Å². The van der Waals surface area contributed by atoms with Crippen LogP contribution >= 0.6 is 11.8 Å². The normalized spacial score (nSPS) is 11.0. The van der Waals surface area contributed by atoms with E-state index in [0.29, 0.717) is 12.4 Å². The number of thioether (sulfide) groups is 1. The van der Waals surface area contributed by atoms with E-state index in [1.807, 2.05) is 42.3 Å². The van der Waals surface area contributed by atoms with Crippen molar-refractivity contribution < 1.29 is 9.53 Å². The quantitative estimate of drug-likeness (QED) is 0.479. The average molecular weight is 385 g/mol. The molecule has 0 spiro atoms. The van der Waals surface area contributed by atoms with Gasteiger partial charge in [-0.25, -0.2) is 9.97 Å². The molecule has 3 aromatic heterocycles. The summed E-state index contributed by atoms with van der Waals surface area (Å²) in [6, 6.07) is 5.94. The molecule has 27 heavy (non-hydrogen) atoms. The maximum absolute atomic E-state index is 11.4. The van der Waals surface area contributed by atoms with Crippen molar-refractivity contribution in [3.05, 3.63) is 30.6 Å². The average Bonchev–Trinajstić information content (AvgIpc) is 2.97. The van der Waals surface area contributed by atoms with Crippen molar-refractivity contribution in [1.82, 2.24) is 14.5 Å². The number of aromatic nitrogens is 3. The lowest BCUT2D eigenvalue weighted by atomic mass is 10.1. The van der Waals surface area contributed by atoms with Crippen LogP contribution in [0, 0.1) is 0 Å². The molecule has 2 N–H and O–H groups in total. The van der Waals surface area contributed by atoms with Gasteiger partial charge in [-0.05, 0) is 24.5 Å². The zero-order valence-corrected chi connectivity index (χ0v) is 16.7. The molecule has 0 fully saturated rings. The first-order chi connectivity index (χ1) is 13.0. The van der Waals surface area contributed by atoms with Crippen molar-refractivity contribution in [2.24, 2.45) is 7.05 Å². The number of pyridine rings is 2. The maximum atomic E-state index is 11.4. The second kappa shape index (κ2) is 8.41. The van der Waals surface area contributed by atoms with Gasteiger partial charge in [0.2, 0.25) is 5.91 Å². The fraction of sp³-hybridized carbons (Fsp3) is 0.316. The molecule has 7 nitrogen and oxygen atoms in total. The van der Waals surface area contributed by atoms with Crippen LogP contribution in [-0.2, 0) is 16.6 Å². The monoisotopic (exact) mass is 385 g/mol. The van der Waals surface area contributed by atoms with E-state index in [2.05, 4.69) is 15.6 Å². The largest absolute Gasteiger partial charge is 0.383 e. The molecule has 3 rings (SSSR count). The van der Waals surface area contributed by atoms with Gasteiger partial charge in [0.05, 0.1) is 29.0 Å². The fourth-order valence-electron chi connectivity index (χ4n) is 2.88. The summed E-state index contributed by atoms with van der Waals surface area (Å²) in [6.45, 7) is 2.82. The lowest BCUT2D eigenvalue weighted by molar-refractivity contribution is -0.114. The molecule has 0 bridgehead atoms. The molecule has 0 unspecified atom stereocenters. The number of carbonyl (C=O) groups is 1. The molecule has 142 valence electrons. The Labute approximate surface area is 162 Å². The predicted molar refractivity (Wildman–Crippen MR) is 110 cm³/mol. The standard InChI is InChI=1S/C19H23N5O2S/c1-12(25)22-18-9-14-15(11-24(2)17(14)10-21-18)16-7-13(20-5-6-26-3)8-19(23-16)27-4/h7-11H,5-6H2,1-4H3,(H,20,23)(H,21,22,25). The molecule has 8 heteroatoms. The molecule has 0 radical (unpaired) electrons. The Morgan fingerprint density at radius 3 is 2.85 bits per heavy atom. The number of fused-ring (bicyclic) bond motifs is 1. The molecule has 3 aromatic rings. The summed E-state index contributed by atoms with van der Waals surface area (Å²) in [7, 11) is 3.66. The summed E-state index contributed by atoms with van der Waals surface area (Å²) >= 11 is 1.60. The second-order valence-electron chi connectivity index (χ2n) is 6.12. The van der Waals surface area contributed by atoms with Crippen molar-refractivity contribution >= 4 is 40.1 Å². The van der Waals surface area contributed by atoms with Crippen LogP contribution in [0.5, 0.6) is 0 Å². The van der Waals surface area contributed by atoms with Crippen LogP contribution in [0.15, 0.2) is 35.6 Å². The minimum Gasteiger partial charge on any atom is -0.383 e. The Hall–Kier alpha value is -2.58. The van der Waals surface area contributed by atoms with Gasteiger partial charge in [0.15, 0.2) is 0 Å². The van der Waals surface area contributed by atoms with Gasteiger partial charge >= 0.3 is 0 Å². The number of rotatable bonds is 7. The number of ether oxygens (including phenoxy) is 1. The SMILES string of the molecule is COCCNc1cc(SC)nc(-c2cn(C)c3cnc(NC(C)=O)cc23)c1. The van der Waals surface area contributed by atoms with Crippen LogP contribution in [0.3, 0.4) is 0 Å². The van der Waals surface area contributed by atoms with E-state index in [0.717, 1.165) is 39.4 Å². The van der Waals surface area contributed by atoms with E-state index in [1.54, 1.807) is 25.1 Å². The highest BCUT2D eigenvalue weighted by molar-refractivity contribution is 7.98. The summed E-state index contributed by atoms with van der Waals surface area (Å²) in [6.07, 6.45) is 5.81. The van der Waals surface area contributed by atoms with Gasteiger partial charge in [-0.15, -0.1) is 11.8 Å². The zero-order chi connectivity index (χ0) is 19.4. The highest BCUT2D eigenvalue weighted by Crippen LogP contribution is 2.33. The molecule has 0 aliphatic carbocycles. The molecule has 0 aliphatic rings. The first kappa shape index (κ1) is 19.2. The first-order valence-corrected chi connectivity index (χ1v) is 9.76. The topological polar surface area (TPSA) is 81.1 Å². The number of carbonyl (C=O) groups excluding carboxylic acids is 1. The molecule has 3 heterocycles. The highest BCUT2D eigenvalue weighted by atomic mass is 32.2. The number of anilines is 2. The number of hydrogen-bond acceptors (Lipinski definition) is 6. The number of amides is 1. The van der Waals surface area contributed by atoms with E-state index in [1.165, 1.54) is 6.92 Å². The van der Waals surface area contributed by atoms with Crippen molar-refractivity contribution in [3.8, 4) is 11.3 Å². The summed E-state index contributed by atoms with van der Waals surface area (Å²) in [4.78, 5) is 20.5. The second-order valence-corrected chi connectivity index (χ2v) is 6.95. The first-order valence-electron chi connectivity index (χ1n) is 8.53. The van der Waals surface area contributed by atoms with Crippen LogP contribution in [0.1, 0.15) is 6.92 Å². The van der Waals surface area contributed by atoms with Gasteiger partial charge < -0.3 is 19.9 Å². The van der Waals surface area contributed by atoms with Gasteiger partial charge in [0, 0.05) is 50.5 Å². The molecular formula is C19H23N5O2S. The van der Waals surface area contributed by atoms with E-state index < -0.39 is 0 Å². The van der Waals surface area contributed by atoms with Gasteiger partial charge in [-0.3, -0.25) is 4.79 Å². The smallest absolute Gasteiger partial charge is 0.222 e. The van der Waals surface area contributed by atoms with Crippen LogP contribution in [0.4, 0.5) is 11.5 Å². The molecule has 1 amide bonds. The van der Waals surface area contributed by atoms with Gasteiger partial charge in [0.25, 0.3) is 0 Å². The minimum atomic E-state index is -0.147. The molecule has 0 saturated carbocycles. The van der Waals surface area contributed by atoms with E-state index in [-0.39, 0.29) is 5.91 Å². The number of methoxy groups -OCH3 is 1. The third kappa shape index (κ3) is 4.40. The van der Waals surface area contributed by atoms with Crippen molar-refractivity contribution in [2.75, 3.05) is 37.2 Å². The van der Waals surface area contributed by atoms with E-state index >= 15 is 0 Å². The third-order valence-electron chi connectivity index (χ3n) is 4.10. The number of nitrogens with zero attached hydrogens (tertiary/aromatic N) is 3. The van der Waals surface area contributed by atoms with Crippen molar-refractivity contribution in [1.29, 1.82) is 0 Å². The van der Waals surface area contributed by atoms with Crippen LogP contribution in [-0.4, -0.2) is 47.0 Å². The Bertz CT molecular complexity index is 970. The summed E-state index contributed by atoms with van der Waals surface area (Å²) in [5, 5.41) is 8.03. The summed E-state index contributed by atoms with van der Waals surface area (Å²) in [5.74, 6) is 0.383. The Morgan fingerprint density at radius 1 is 1.33 bits per heavy atom. The van der Waals surface area contributed by atoms with Crippen LogP contribution < -0.4 is 10.6 Å². The molecule has 0 aromatic carbocycles. The number of aryl methyl sites for hydroxylation is 1. The summed E-state index contributed by atoms with van der Waals surface area (Å²) < 4.78 is 7.13. The lowest BCUT2D eigenvalue weighted by Gasteiger charge is -2.10. The van der Waals surface area contributed by atoms with Crippen molar-refractivity contribution in [3.63, 3.8) is 0 Å². The van der Waals surface area contributed by atoms with Crippen LogP contribution in [0.25, 0.3) is 22.2 Å². The predicted octanol–water partition coefficient (Wildman–Crippen LogP) is 3.37.